The summed E-state index contributed by atoms with van der Waals surface area (Å²) in [6.07, 6.45) is 2.02. The van der Waals surface area contributed by atoms with Gasteiger partial charge < -0.3 is 14.7 Å². The highest BCUT2D eigenvalue weighted by atomic mass is 79.9. The van der Waals surface area contributed by atoms with E-state index in [0.717, 1.165) is 35.0 Å². The van der Waals surface area contributed by atoms with Crippen molar-refractivity contribution in [1.29, 1.82) is 0 Å². The van der Waals surface area contributed by atoms with Crippen LogP contribution in [-0.2, 0) is 4.74 Å². The number of carbonyl (C=O) groups excluding carboxylic acids is 1. The summed E-state index contributed by atoms with van der Waals surface area (Å²) in [6.45, 7) is 1.27. The molecule has 1 saturated heterocycles. The predicted molar refractivity (Wildman–Crippen MR) is 112 cm³/mol. The Kier molecular flexibility index (Phi) is 4.64. The zero-order valence-corrected chi connectivity index (χ0v) is 17.2. The van der Waals surface area contributed by atoms with Gasteiger partial charge in [0.05, 0.1) is 12.1 Å². The average Bonchev–Trinajstić information content (AvgIpc) is 3.44. The Morgan fingerprint density at radius 3 is 2.72 bits per heavy atom. The number of H-pyrrole nitrogens is 1. The van der Waals surface area contributed by atoms with Crippen LogP contribution in [0.5, 0.6) is 5.75 Å². The molecule has 2 aliphatic rings. The van der Waals surface area contributed by atoms with Crippen LogP contribution in [0, 0.1) is 0 Å². The largest absolute Gasteiger partial charge is 0.507 e. The van der Waals surface area contributed by atoms with Crippen molar-refractivity contribution in [2.24, 2.45) is 0 Å². The molecule has 3 aromatic rings. The summed E-state index contributed by atoms with van der Waals surface area (Å²) in [5, 5.41) is 17.7. The maximum Gasteiger partial charge on any atom is 0.273 e. The summed E-state index contributed by atoms with van der Waals surface area (Å²) in [7, 11) is 0. The number of fused-ring (bicyclic) bond motifs is 1. The van der Waals surface area contributed by atoms with Gasteiger partial charge in [0, 0.05) is 28.8 Å². The number of phenolic OH excluding ortho intramolecular Hbond substituents is 1. The van der Waals surface area contributed by atoms with E-state index in [2.05, 4.69) is 26.1 Å². The highest BCUT2D eigenvalue weighted by Crippen LogP contribution is 2.44. The number of rotatable bonds is 4. The molecular weight excluding hydrogens is 434 g/mol. The lowest BCUT2D eigenvalue weighted by Crippen LogP contribution is -2.36. The minimum Gasteiger partial charge on any atom is -0.507 e. The van der Waals surface area contributed by atoms with Gasteiger partial charge in [0.25, 0.3) is 5.91 Å². The first-order chi connectivity index (χ1) is 14.1. The molecule has 7 heteroatoms. The van der Waals surface area contributed by atoms with E-state index in [4.69, 9.17) is 4.74 Å². The van der Waals surface area contributed by atoms with E-state index in [9.17, 15) is 9.90 Å². The Hall–Kier alpha value is -2.64. The van der Waals surface area contributed by atoms with Crippen LogP contribution in [0.3, 0.4) is 0 Å². The molecule has 0 radical (unpaired) electrons. The van der Waals surface area contributed by atoms with Crippen LogP contribution in [0.1, 0.15) is 40.5 Å². The Labute approximate surface area is 176 Å². The molecular formula is C22H20BrN3O3. The number of hydrogen-bond acceptors (Lipinski definition) is 4. The second-order valence-electron chi connectivity index (χ2n) is 7.42. The summed E-state index contributed by atoms with van der Waals surface area (Å²) in [4.78, 5) is 15.2. The Balaban J connectivity index is 1.64. The summed E-state index contributed by atoms with van der Waals surface area (Å²) >= 11 is 3.48. The lowest BCUT2D eigenvalue weighted by molar-refractivity contribution is 0.0495. The fourth-order valence-corrected chi connectivity index (χ4v) is 4.53. The maximum atomic E-state index is 13.3. The van der Waals surface area contributed by atoms with Crippen molar-refractivity contribution in [3.63, 3.8) is 0 Å². The molecule has 2 N–H and O–H groups in total. The standard InChI is InChI=1S/C22H20BrN3O3/c23-14-9-7-13(8-10-14)21-18-19(16-5-1-2-6-17(16)27)24-25-20(18)22(28)26(21)12-15-4-3-11-29-15/h1-2,5-10,15,21,27H,3-4,11-12H2,(H,24,25)/t15-,21+/m0/s1. The maximum absolute atomic E-state index is 13.3. The van der Waals surface area contributed by atoms with Gasteiger partial charge in [-0.2, -0.15) is 5.10 Å². The van der Waals surface area contributed by atoms with Crippen LogP contribution in [0.2, 0.25) is 0 Å². The number of hydrogen-bond donors (Lipinski definition) is 2. The number of aromatic hydroxyl groups is 1. The number of para-hydroxylation sites is 1. The second-order valence-corrected chi connectivity index (χ2v) is 8.34. The van der Waals surface area contributed by atoms with Crippen molar-refractivity contribution in [3.8, 4) is 17.0 Å². The van der Waals surface area contributed by atoms with Gasteiger partial charge in [-0.15, -0.1) is 0 Å². The number of ether oxygens (including phenoxy) is 1. The fraction of sp³-hybridized carbons (Fsp3) is 0.273. The van der Waals surface area contributed by atoms with E-state index in [-0.39, 0.29) is 23.8 Å². The monoisotopic (exact) mass is 453 g/mol. The molecule has 3 heterocycles. The molecule has 5 rings (SSSR count). The Morgan fingerprint density at radius 2 is 2.00 bits per heavy atom. The number of aromatic amines is 1. The second kappa shape index (κ2) is 7.31. The van der Waals surface area contributed by atoms with Crippen LogP contribution >= 0.6 is 15.9 Å². The number of halogens is 1. The van der Waals surface area contributed by atoms with Crippen LogP contribution in [0.4, 0.5) is 0 Å². The third kappa shape index (κ3) is 3.14. The number of amides is 1. The molecule has 2 aromatic carbocycles. The van der Waals surface area contributed by atoms with Gasteiger partial charge in [-0.05, 0) is 42.7 Å². The molecule has 1 amide bonds. The van der Waals surface area contributed by atoms with E-state index in [0.29, 0.717) is 23.5 Å². The number of aromatic nitrogens is 2. The van der Waals surface area contributed by atoms with Crippen LogP contribution in [-0.4, -0.2) is 45.4 Å². The van der Waals surface area contributed by atoms with Crippen LogP contribution in [0.15, 0.2) is 53.0 Å². The number of nitrogens with one attached hydrogen (secondary N) is 1. The van der Waals surface area contributed by atoms with Crippen molar-refractivity contribution in [3.05, 3.63) is 69.8 Å². The third-order valence-electron chi connectivity index (χ3n) is 5.63. The van der Waals surface area contributed by atoms with Gasteiger partial charge in [-0.25, -0.2) is 0 Å². The fourth-order valence-electron chi connectivity index (χ4n) is 4.26. The molecule has 0 saturated carbocycles. The van der Waals surface area contributed by atoms with Crippen LogP contribution < -0.4 is 0 Å². The van der Waals surface area contributed by atoms with Crippen molar-refractivity contribution in [2.75, 3.05) is 13.2 Å². The molecule has 29 heavy (non-hydrogen) atoms. The van der Waals surface area contributed by atoms with Gasteiger partial charge in [0.2, 0.25) is 0 Å². The van der Waals surface area contributed by atoms with E-state index in [1.165, 1.54) is 0 Å². The minimum absolute atomic E-state index is 0.0439. The average molecular weight is 454 g/mol. The topological polar surface area (TPSA) is 78.5 Å². The normalized spacial score (nSPS) is 21.0. The molecule has 1 aromatic heterocycles. The molecule has 1 fully saturated rings. The highest BCUT2D eigenvalue weighted by Gasteiger charge is 2.43. The molecule has 2 atom stereocenters. The lowest BCUT2D eigenvalue weighted by Gasteiger charge is -2.28. The SMILES string of the molecule is O=C1c2[nH]nc(-c3ccccc3O)c2[C@@H](c2ccc(Br)cc2)N1C[C@@H]1CCCO1. The molecule has 0 bridgehead atoms. The zero-order valence-electron chi connectivity index (χ0n) is 15.6. The first-order valence-corrected chi connectivity index (χ1v) is 10.5. The summed E-state index contributed by atoms with van der Waals surface area (Å²) < 4.78 is 6.79. The quantitative estimate of drug-likeness (QED) is 0.618. The lowest BCUT2D eigenvalue weighted by atomic mass is 9.95. The Morgan fingerprint density at radius 1 is 1.21 bits per heavy atom. The predicted octanol–water partition coefficient (Wildman–Crippen LogP) is 4.27. The smallest absolute Gasteiger partial charge is 0.273 e. The molecule has 0 aliphatic carbocycles. The number of phenols is 1. The van der Waals surface area contributed by atoms with Crippen molar-refractivity contribution >= 4 is 21.8 Å². The van der Waals surface area contributed by atoms with Crippen molar-refractivity contribution < 1.29 is 14.6 Å². The van der Waals surface area contributed by atoms with E-state index in [1.54, 1.807) is 12.1 Å². The van der Waals surface area contributed by atoms with Crippen molar-refractivity contribution in [2.45, 2.75) is 25.0 Å². The molecule has 148 valence electrons. The highest BCUT2D eigenvalue weighted by molar-refractivity contribution is 9.10. The van der Waals surface area contributed by atoms with Gasteiger partial charge in [-0.1, -0.05) is 40.2 Å². The third-order valence-corrected chi connectivity index (χ3v) is 6.16. The summed E-state index contributed by atoms with van der Waals surface area (Å²) in [5.74, 6) is 0.0546. The minimum atomic E-state index is -0.289. The number of benzene rings is 2. The van der Waals surface area contributed by atoms with Gasteiger partial charge in [0.1, 0.15) is 17.1 Å². The summed E-state index contributed by atoms with van der Waals surface area (Å²) in [5.41, 5.74) is 3.50. The number of carbonyl (C=O) groups is 1. The zero-order chi connectivity index (χ0) is 20.0. The van der Waals surface area contributed by atoms with Crippen LogP contribution in [0.25, 0.3) is 11.3 Å². The molecule has 0 spiro atoms. The van der Waals surface area contributed by atoms with Gasteiger partial charge >= 0.3 is 0 Å². The molecule has 6 nitrogen and oxygen atoms in total. The van der Waals surface area contributed by atoms with E-state index < -0.39 is 0 Å². The Bertz CT molecular complexity index is 1060. The molecule has 0 unspecified atom stereocenters. The first kappa shape index (κ1) is 18.4. The summed E-state index contributed by atoms with van der Waals surface area (Å²) in [6, 6.07) is 14.8. The van der Waals surface area contributed by atoms with Gasteiger partial charge in [0.15, 0.2) is 0 Å². The molecule has 2 aliphatic heterocycles. The first-order valence-electron chi connectivity index (χ1n) is 9.68. The van der Waals surface area contributed by atoms with Crippen molar-refractivity contribution in [1.82, 2.24) is 15.1 Å². The van der Waals surface area contributed by atoms with E-state index >= 15 is 0 Å². The number of nitrogens with zero attached hydrogens (tertiary/aromatic N) is 2. The van der Waals surface area contributed by atoms with Gasteiger partial charge in [-0.3, -0.25) is 9.89 Å². The van der Waals surface area contributed by atoms with E-state index in [1.807, 2.05) is 41.3 Å².